The van der Waals surface area contributed by atoms with Crippen molar-refractivity contribution in [2.75, 3.05) is 6.54 Å². The number of unbranched alkanes of at least 4 members (excludes halogenated alkanes) is 1. The summed E-state index contributed by atoms with van der Waals surface area (Å²) in [6.45, 7) is 4.15. The molecule has 0 fully saturated rings. The molecule has 2 aromatic rings. The fourth-order valence-corrected chi connectivity index (χ4v) is 3.67. The van der Waals surface area contributed by atoms with Crippen LogP contribution in [0, 0.1) is 5.82 Å². The highest BCUT2D eigenvalue weighted by Gasteiger charge is 2.28. The van der Waals surface area contributed by atoms with E-state index in [4.69, 9.17) is 34.8 Å². The third-order valence-corrected chi connectivity index (χ3v) is 5.84. The summed E-state index contributed by atoms with van der Waals surface area (Å²) in [4.78, 5) is 27.1. The lowest BCUT2D eigenvalue weighted by atomic mass is 10.1. The number of carbonyl (C=O) groups is 2. The van der Waals surface area contributed by atoms with Crippen molar-refractivity contribution in [3.05, 3.63) is 68.4 Å². The Morgan fingerprint density at radius 1 is 1.03 bits per heavy atom. The van der Waals surface area contributed by atoms with E-state index in [9.17, 15) is 14.0 Å². The maximum Gasteiger partial charge on any atom is 0.242 e. The van der Waals surface area contributed by atoms with Crippen LogP contribution in [0.2, 0.25) is 15.1 Å². The van der Waals surface area contributed by atoms with E-state index in [1.165, 1.54) is 23.1 Å². The van der Waals surface area contributed by atoms with E-state index in [2.05, 4.69) is 5.32 Å². The van der Waals surface area contributed by atoms with E-state index in [0.717, 1.165) is 12.8 Å². The van der Waals surface area contributed by atoms with Crippen LogP contribution in [0.3, 0.4) is 0 Å². The van der Waals surface area contributed by atoms with Crippen molar-refractivity contribution >= 4 is 46.6 Å². The minimum atomic E-state index is -0.813. The van der Waals surface area contributed by atoms with Crippen LogP contribution in [-0.2, 0) is 22.6 Å². The summed E-state index contributed by atoms with van der Waals surface area (Å²) < 4.78 is 14.2. The van der Waals surface area contributed by atoms with Crippen LogP contribution in [0.5, 0.6) is 0 Å². The normalized spacial score (nSPS) is 11.8. The summed E-state index contributed by atoms with van der Waals surface area (Å²) in [5.41, 5.74) is 0.597. The van der Waals surface area contributed by atoms with Crippen LogP contribution in [0.4, 0.5) is 4.39 Å². The smallest absolute Gasteiger partial charge is 0.242 e. The summed E-state index contributed by atoms with van der Waals surface area (Å²) in [5, 5.41) is 3.73. The van der Waals surface area contributed by atoms with Gasteiger partial charge in [0.05, 0.1) is 6.42 Å². The molecule has 0 aliphatic rings. The van der Waals surface area contributed by atoms with Crippen molar-refractivity contribution in [2.24, 2.45) is 0 Å². The Morgan fingerprint density at radius 3 is 2.17 bits per heavy atom. The highest BCUT2D eigenvalue weighted by molar-refractivity contribution is 6.36. The summed E-state index contributed by atoms with van der Waals surface area (Å²) in [6.07, 6.45) is 1.46. The molecule has 2 aromatic carbocycles. The molecule has 2 amide bonds. The number of halogens is 4. The molecule has 1 N–H and O–H groups in total. The maximum atomic E-state index is 14.2. The quantitative estimate of drug-likeness (QED) is 0.478. The highest BCUT2D eigenvalue weighted by atomic mass is 35.5. The number of benzene rings is 2. The molecule has 8 heteroatoms. The Morgan fingerprint density at radius 2 is 1.60 bits per heavy atom. The van der Waals surface area contributed by atoms with Gasteiger partial charge in [-0.25, -0.2) is 4.39 Å². The molecule has 0 radical (unpaired) electrons. The Kier molecular flexibility index (Phi) is 9.40. The van der Waals surface area contributed by atoms with Crippen molar-refractivity contribution in [1.29, 1.82) is 0 Å². The number of hydrogen-bond donors (Lipinski definition) is 1. The minimum absolute atomic E-state index is 0.00573. The third kappa shape index (κ3) is 6.34. The van der Waals surface area contributed by atoms with E-state index >= 15 is 0 Å². The molecule has 0 heterocycles. The van der Waals surface area contributed by atoms with E-state index < -0.39 is 17.8 Å². The second kappa shape index (κ2) is 11.5. The second-order valence-electron chi connectivity index (χ2n) is 6.92. The zero-order valence-corrected chi connectivity index (χ0v) is 19.1. The lowest BCUT2D eigenvalue weighted by Gasteiger charge is -2.29. The maximum absolute atomic E-state index is 14.2. The fraction of sp³-hybridized carbons (Fsp3) is 0.364. The van der Waals surface area contributed by atoms with Gasteiger partial charge < -0.3 is 10.2 Å². The number of nitrogens with one attached hydrogen (secondary N) is 1. The highest BCUT2D eigenvalue weighted by Crippen LogP contribution is 2.27. The summed E-state index contributed by atoms with van der Waals surface area (Å²) in [6, 6.07) is 8.42. The summed E-state index contributed by atoms with van der Waals surface area (Å²) in [5.74, 6) is -1.35. The van der Waals surface area contributed by atoms with Gasteiger partial charge in [0.1, 0.15) is 11.9 Å². The first-order valence-corrected chi connectivity index (χ1v) is 10.8. The lowest BCUT2D eigenvalue weighted by molar-refractivity contribution is -0.140. The van der Waals surface area contributed by atoms with E-state index in [0.29, 0.717) is 22.2 Å². The topological polar surface area (TPSA) is 49.4 Å². The molecule has 0 aromatic heterocycles. The van der Waals surface area contributed by atoms with Crippen molar-refractivity contribution in [3.63, 3.8) is 0 Å². The number of nitrogens with zero attached hydrogens (tertiary/aromatic N) is 1. The Bertz CT molecular complexity index is 867. The second-order valence-corrected chi connectivity index (χ2v) is 8.14. The van der Waals surface area contributed by atoms with Crippen LogP contribution in [-0.4, -0.2) is 29.3 Å². The lowest BCUT2D eigenvalue weighted by Crippen LogP contribution is -2.48. The van der Waals surface area contributed by atoms with Gasteiger partial charge in [-0.2, -0.15) is 0 Å². The molecule has 4 nitrogen and oxygen atoms in total. The summed E-state index contributed by atoms with van der Waals surface area (Å²) in [7, 11) is 0. The number of amides is 2. The molecule has 1 atom stereocenters. The van der Waals surface area contributed by atoms with Crippen molar-refractivity contribution < 1.29 is 14.0 Å². The largest absolute Gasteiger partial charge is 0.354 e. The molecular formula is C22H24Cl3FN2O2. The van der Waals surface area contributed by atoms with Gasteiger partial charge in [0, 0.05) is 39.3 Å². The molecule has 0 aliphatic carbocycles. The van der Waals surface area contributed by atoms with Crippen LogP contribution in [0.15, 0.2) is 36.4 Å². The van der Waals surface area contributed by atoms with Gasteiger partial charge in [0.2, 0.25) is 11.8 Å². The molecule has 0 spiro atoms. The Balaban J connectivity index is 2.32. The van der Waals surface area contributed by atoms with Crippen LogP contribution in [0.25, 0.3) is 0 Å². The van der Waals surface area contributed by atoms with Gasteiger partial charge in [-0.05, 0) is 37.6 Å². The summed E-state index contributed by atoms with van der Waals surface area (Å²) >= 11 is 18.6. The Labute approximate surface area is 191 Å². The predicted molar refractivity (Wildman–Crippen MR) is 120 cm³/mol. The van der Waals surface area contributed by atoms with Gasteiger partial charge in [0.25, 0.3) is 0 Å². The molecule has 30 heavy (non-hydrogen) atoms. The monoisotopic (exact) mass is 472 g/mol. The number of hydrogen-bond acceptors (Lipinski definition) is 2. The first-order chi connectivity index (χ1) is 14.3. The van der Waals surface area contributed by atoms with Crippen molar-refractivity contribution in [1.82, 2.24) is 10.2 Å². The van der Waals surface area contributed by atoms with E-state index in [1.807, 2.05) is 6.92 Å². The first-order valence-electron chi connectivity index (χ1n) is 9.69. The predicted octanol–water partition coefficient (Wildman–Crippen LogP) is 5.66. The SMILES string of the molecule is CCCCNC(=O)C(C)N(Cc1c(Cl)cccc1Cl)C(=O)Cc1c(F)cccc1Cl. The van der Waals surface area contributed by atoms with Crippen molar-refractivity contribution in [2.45, 2.75) is 45.7 Å². The first kappa shape index (κ1) is 24.4. The van der Waals surface area contributed by atoms with Gasteiger partial charge in [-0.15, -0.1) is 0 Å². The molecular weight excluding hydrogens is 450 g/mol. The van der Waals surface area contributed by atoms with Gasteiger partial charge in [0.15, 0.2) is 0 Å². The average Bonchev–Trinajstić information content (AvgIpc) is 2.70. The van der Waals surface area contributed by atoms with Crippen LogP contribution >= 0.6 is 34.8 Å². The molecule has 0 aliphatic heterocycles. The fourth-order valence-electron chi connectivity index (χ4n) is 2.93. The molecule has 0 saturated heterocycles. The molecule has 0 bridgehead atoms. The van der Waals surface area contributed by atoms with Gasteiger partial charge >= 0.3 is 0 Å². The molecule has 1 unspecified atom stereocenters. The standard InChI is InChI=1S/C22H24Cl3FN2O2/c1-3-4-11-27-22(30)14(2)28(13-16-18(24)7-5-8-19(16)25)21(29)12-15-17(23)9-6-10-20(15)26/h5-10,14H,3-4,11-13H2,1-2H3,(H,27,30). The average molecular weight is 474 g/mol. The van der Waals surface area contributed by atoms with E-state index in [1.54, 1.807) is 25.1 Å². The van der Waals surface area contributed by atoms with Crippen LogP contribution < -0.4 is 5.32 Å². The zero-order chi connectivity index (χ0) is 22.3. The van der Waals surface area contributed by atoms with Gasteiger partial charge in [-0.3, -0.25) is 9.59 Å². The Hall–Kier alpha value is -1.82. The van der Waals surface area contributed by atoms with Crippen molar-refractivity contribution in [3.8, 4) is 0 Å². The number of rotatable bonds is 9. The zero-order valence-electron chi connectivity index (χ0n) is 16.9. The van der Waals surface area contributed by atoms with Crippen LogP contribution in [0.1, 0.15) is 37.8 Å². The minimum Gasteiger partial charge on any atom is -0.354 e. The molecule has 162 valence electrons. The van der Waals surface area contributed by atoms with E-state index in [-0.39, 0.29) is 29.5 Å². The molecule has 2 rings (SSSR count). The van der Waals surface area contributed by atoms with Gasteiger partial charge in [-0.1, -0.05) is 60.3 Å². The number of carbonyl (C=O) groups excluding carboxylic acids is 2. The third-order valence-electron chi connectivity index (χ3n) is 4.78. The molecule has 0 saturated carbocycles.